The van der Waals surface area contributed by atoms with Crippen molar-refractivity contribution < 1.29 is 33.6 Å². The molecule has 1 aromatic rings. The van der Waals surface area contributed by atoms with Crippen molar-refractivity contribution in [2.75, 3.05) is 0 Å². The molecule has 1 N–H and O–H groups in total. The summed E-state index contributed by atoms with van der Waals surface area (Å²) >= 11 is 0. The van der Waals surface area contributed by atoms with Crippen LogP contribution in [0.2, 0.25) is 0 Å². The van der Waals surface area contributed by atoms with Gasteiger partial charge in [0.1, 0.15) is 30.5 Å². The fourth-order valence-corrected chi connectivity index (χ4v) is 3.94. The van der Waals surface area contributed by atoms with Crippen LogP contribution in [0.15, 0.2) is 30.3 Å². The lowest BCUT2D eigenvalue weighted by atomic mass is 9.85. The van der Waals surface area contributed by atoms with Crippen molar-refractivity contribution in [1.82, 2.24) is 0 Å². The second-order valence-corrected chi connectivity index (χ2v) is 7.86. The van der Waals surface area contributed by atoms with Crippen LogP contribution in [0.1, 0.15) is 38.1 Å². The SMILES string of the molecule is CC1(C)O[C@@H]2[C@H]3OC(C)(C)O[C@@H]3[C@@H](O)[C@H](OC(=O)c3ccccc3)[C@@H]2O1. The first-order chi connectivity index (χ1) is 12.2. The smallest absolute Gasteiger partial charge is 0.338 e. The maximum Gasteiger partial charge on any atom is 0.338 e. The molecule has 0 bridgehead atoms. The highest BCUT2D eigenvalue weighted by atomic mass is 16.8. The number of carbonyl (C=O) groups is 1. The van der Waals surface area contributed by atoms with Gasteiger partial charge in [0.05, 0.1) is 5.56 Å². The molecule has 2 heterocycles. The maximum atomic E-state index is 12.5. The van der Waals surface area contributed by atoms with Crippen molar-refractivity contribution in [3.8, 4) is 0 Å². The van der Waals surface area contributed by atoms with Crippen molar-refractivity contribution in [1.29, 1.82) is 0 Å². The lowest BCUT2D eigenvalue weighted by Gasteiger charge is -2.40. The molecule has 0 spiro atoms. The van der Waals surface area contributed by atoms with Crippen molar-refractivity contribution >= 4 is 5.97 Å². The minimum atomic E-state index is -1.09. The van der Waals surface area contributed by atoms with Crippen LogP contribution < -0.4 is 0 Å². The molecule has 1 aliphatic carbocycles. The molecule has 7 nitrogen and oxygen atoms in total. The van der Waals surface area contributed by atoms with E-state index in [4.69, 9.17) is 23.7 Å². The molecule has 2 saturated heterocycles. The standard InChI is InChI=1S/C19H24O7/c1-18(2)23-13-11(20)12(22-17(21)10-8-6-5-7-9-10)14-16(15(13)25-18)26-19(3,4)24-14/h5-9,11-16,20H,1-4H3/t11-,12-,13+,14-,15-,16-/m0/s1. The van der Waals surface area contributed by atoms with E-state index in [1.54, 1.807) is 52.0 Å². The van der Waals surface area contributed by atoms with Gasteiger partial charge in [-0.3, -0.25) is 0 Å². The zero-order chi connectivity index (χ0) is 18.7. The summed E-state index contributed by atoms with van der Waals surface area (Å²) in [5.41, 5.74) is 0.403. The largest absolute Gasteiger partial charge is 0.453 e. The zero-order valence-electron chi connectivity index (χ0n) is 15.2. The molecular formula is C19H24O7. The van der Waals surface area contributed by atoms with E-state index < -0.39 is 54.2 Å². The van der Waals surface area contributed by atoms with Gasteiger partial charge in [0.15, 0.2) is 17.7 Å². The van der Waals surface area contributed by atoms with E-state index in [9.17, 15) is 9.90 Å². The molecule has 3 aliphatic rings. The molecule has 142 valence electrons. The molecule has 0 radical (unpaired) electrons. The van der Waals surface area contributed by atoms with Gasteiger partial charge in [-0.2, -0.15) is 0 Å². The average molecular weight is 364 g/mol. The van der Waals surface area contributed by atoms with Crippen molar-refractivity contribution in [3.63, 3.8) is 0 Å². The quantitative estimate of drug-likeness (QED) is 0.799. The van der Waals surface area contributed by atoms with Gasteiger partial charge in [0, 0.05) is 0 Å². The number of ether oxygens (including phenoxy) is 5. The topological polar surface area (TPSA) is 83.5 Å². The van der Waals surface area contributed by atoms with Gasteiger partial charge in [-0.25, -0.2) is 4.79 Å². The van der Waals surface area contributed by atoms with E-state index in [2.05, 4.69) is 0 Å². The summed E-state index contributed by atoms with van der Waals surface area (Å²) in [6.07, 6.45) is -4.34. The molecule has 6 atom stereocenters. The predicted octanol–water partition coefficient (Wildman–Crippen LogP) is 1.63. The summed E-state index contributed by atoms with van der Waals surface area (Å²) in [4.78, 5) is 12.5. The molecular weight excluding hydrogens is 340 g/mol. The number of aliphatic hydroxyl groups is 1. The number of hydrogen-bond acceptors (Lipinski definition) is 7. The van der Waals surface area contributed by atoms with Crippen molar-refractivity contribution in [2.24, 2.45) is 0 Å². The summed E-state index contributed by atoms with van der Waals surface area (Å²) in [7, 11) is 0. The Kier molecular flexibility index (Phi) is 4.13. The summed E-state index contributed by atoms with van der Waals surface area (Å²) in [6.45, 7) is 7.12. The number of hydrogen-bond donors (Lipinski definition) is 1. The fourth-order valence-electron chi connectivity index (χ4n) is 3.94. The summed E-state index contributed by atoms with van der Waals surface area (Å²) in [5, 5.41) is 10.9. The minimum absolute atomic E-state index is 0.403. The first kappa shape index (κ1) is 17.9. The van der Waals surface area contributed by atoms with Gasteiger partial charge in [-0.1, -0.05) is 18.2 Å². The van der Waals surface area contributed by atoms with E-state index in [-0.39, 0.29) is 0 Å². The van der Waals surface area contributed by atoms with Crippen LogP contribution in [0.3, 0.4) is 0 Å². The van der Waals surface area contributed by atoms with Crippen molar-refractivity contribution in [3.05, 3.63) is 35.9 Å². The summed E-state index contributed by atoms with van der Waals surface area (Å²) in [6, 6.07) is 8.64. The highest BCUT2D eigenvalue weighted by Gasteiger charge is 2.64. The molecule has 7 heteroatoms. The van der Waals surface area contributed by atoms with Crippen LogP contribution in [0.4, 0.5) is 0 Å². The zero-order valence-corrected chi connectivity index (χ0v) is 15.2. The second-order valence-electron chi connectivity index (χ2n) is 7.86. The Morgan fingerprint density at radius 2 is 1.38 bits per heavy atom. The van der Waals surface area contributed by atoms with E-state index >= 15 is 0 Å². The van der Waals surface area contributed by atoms with Crippen LogP contribution in [0.5, 0.6) is 0 Å². The molecule has 1 aromatic carbocycles. The number of aliphatic hydroxyl groups excluding tert-OH is 1. The van der Waals surface area contributed by atoms with Gasteiger partial charge in [0.2, 0.25) is 0 Å². The van der Waals surface area contributed by atoms with E-state index in [1.807, 2.05) is 6.07 Å². The number of carbonyl (C=O) groups excluding carboxylic acids is 1. The lowest BCUT2D eigenvalue weighted by Crippen LogP contribution is -2.62. The number of benzene rings is 1. The fraction of sp³-hybridized carbons (Fsp3) is 0.632. The van der Waals surface area contributed by atoms with Gasteiger partial charge in [-0.05, 0) is 39.8 Å². The average Bonchev–Trinajstić information content (AvgIpc) is 3.07. The molecule has 1 saturated carbocycles. The Morgan fingerprint density at radius 3 is 2.00 bits per heavy atom. The van der Waals surface area contributed by atoms with Crippen LogP contribution in [-0.4, -0.2) is 59.3 Å². The third-order valence-electron chi connectivity index (χ3n) is 4.90. The molecule has 0 unspecified atom stereocenters. The highest BCUT2D eigenvalue weighted by Crippen LogP contribution is 2.45. The van der Waals surface area contributed by atoms with Gasteiger partial charge in [0.25, 0.3) is 0 Å². The Morgan fingerprint density at radius 1 is 0.885 bits per heavy atom. The predicted molar refractivity (Wildman–Crippen MR) is 89.3 cm³/mol. The Labute approximate surface area is 152 Å². The third kappa shape index (κ3) is 3.04. The monoisotopic (exact) mass is 364 g/mol. The van der Waals surface area contributed by atoms with E-state index in [0.29, 0.717) is 5.56 Å². The van der Waals surface area contributed by atoms with Crippen LogP contribution in [0, 0.1) is 0 Å². The molecule has 3 fully saturated rings. The number of rotatable bonds is 2. The third-order valence-corrected chi connectivity index (χ3v) is 4.90. The minimum Gasteiger partial charge on any atom is -0.453 e. The number of fused-ring (bicyclic) bond motifs is 3. The second kappa shape index (κ2) is 6.00. The van der Waals surface area contributed by atoms with Crippen LogP contribution >= 0.6 is 0 Å². The van der Waals surface area contributed by atoms with Crippen molar-refractivity contribution in [2.45, 2.75) is 75.9 Å². The maximum absolute atomic E-state index is 12.5. The lowest BCUT2D eigenvalue weighted by molar-refractivity contribution is -0.185. The molecule has 2 aliphatic heterocycles. The first-order valence-corrected chi connectivity index (χ1v) is 8.82. The van der Waals surface area contributed by atoms with Gasteiger partial charge < -0.3 is 28.8 Å². The number of esters is 1. The normalized spacial score (nSPS) is 39.9. The Balaban J connectivity index is 1.62. The van der Waals surface area contributed by atoms with E-state index in [1.165, 1.54) is 0 Å². The molecule has 4 rings (SSSR count). The van der Waals surface area contributed by atoms with Crippen LogP contribution in [0.25, 0.3) is 0 Å². The van der Waals surface area contributed by atoms with Gasteiger partial charge >= 0.3 is 5.97 Å². The Hall–Kier alpha value is -1.51. The molecule has 0 aromatic heterocycles. The summed E-state index contributed by atoms with van der Waals surface area (Å²) in [5.74, 6) is -2.27. The Bertz CT molecular complexity index is 686. The summed E-state index contributed by atoms with van der Waals surface area (Å²) < 4.78 is 29.4. The molecule has 26 heavy (non-hydrogen) atoms. The first-order valence-electron chi connectivity index (χ1n) is 8.82. The van der Waals surface area contributed by atoms with Gasteiger partial charge in [-0.15, -0.1) is 0 Å². The van der Waals surface area contributed by atoms with E-state index in [0.717, 1.165) is 0 Å². The molecule has 0 amide bonds. The van der Waals surface area contributed by atoms with Crippen LogP contribution in [-0.2, 0) is 23.7 Å². The highest BCUT2D eigenvalue weighted by molar-refractivity contribution is 5.89.